The van der Waals surface area contributed by atoms with E-state index in [0.29, 0.717) is 26.3 Å². The van der Waals surface area contributed by atoms with Crippen molar-refractivity contribution in [3.05, 3.63) is 24.3 Å². The third kappa shape index (κ3) is 2.37. The van der Waals surface area contributed by atoms with Crippen LogP contribution in [0.2, 0.25) is 0 Å². The van der Waals surface area contributed by atoms with Crippen molar-refractivity contribution < 1.29 is 0 Å². The summed E-state index contributed by atoms with van der Waals surface area (Å²) in [4.78, 5) is 0. The van der Waals surface area contributed by atoms with Gasteiger partial charge in [0.1, 0.15) is 0 Å². The van der Waals surface area contributed by atoms with E-state index in [2.05, 4.69) is 52.5 Å². The van der Waals surface area contributed by atoms with Crippen molar-refractivity contribution in [1.82, 2.24) is 0 Å². The summed E-state index contributed by atoms with van der Waals surface area (Å²) in [5.41, 5.74) is 0. The van der Waals surface area contributed by atoms with Crippen LogP contribution in [-0.4, -0.2) is 26.3 Å². The molecule has 0 aliphatic rings. The molecule has 0 bridgehead atoms. The summed E-state index contributed by atoms with van der Waals surface area (Å²) in [6.45, 7) is 0. The summed E-state index contributed by atoms with van der Waals surface area (Å²) in [7, 11) is 0. The fraction of sp³-hybridized carbons (Fsp3) is 0. The third-order valence-corrected chi connectivity index (χ3v) is 7.49. The first-order chi connectivity index (χ1) is 4.88. The Bertz CT molecular complexity index is 192. The summed E-state index contributed by atoms with van der Waals surface area (Å²) in [6.07, 6.45) is 0. The summed E-state index contributed by atoms with van der Waals surface area (Å²) >= 11 is 7.92. The van der Waals surface area contributed by atoms with Crippen LogP contribution in [0.3, 0.4) is 0 Å². The van der Waals surface area contributed by atoms with Crippen LogP contribution in [0.1, 0.15) is 0 Å². The number of benzene rings is 1. The molecule has 0 aliphatic carbocycles. The van der Waals surface area contributed by atoms with Gasteiger partial charge in [-0.25, -0.2) is 0 Å². The number of hydrogen-bond acceptors (Lipinski definition) is 0. The minimum atomic E-state index is 0.457. The molecule has 0 radical (unpaired) electrons. The van der Waals surface area contributed by atoms with Gasteiger partial charge in [-0.1, -0.05) is 0 Å². The first-order valence-electron chi connectivity index (χ1n) is 2.54. The van der Waals surface area contributed by atoms with Crippen LogP contribution in [0, 0.1) is 0 Å². The van der Waals surface area contributed by atoms with Gasteiger partial charge in [0, 0.05) is 0 Å². The summed E-state index contributed by atoms with van der Waals surface area (Å²) in [5, 5.41) is 0. The summed E-state index contributed by atoms with van der Waals surface area (Å²) in [5.74, 6) is 0. The van der Waals surface area contributed by atoms with Crippen LogP contribution in [0.15, 0.2) is 24.3 Å². The second kappa shape index (κ2) is 4.97. The number of halogens is 2. The number of rotatable bonds is 2. The standard InChI is InChI=1S/C6H4Br2Se2/c7-9-5-3-1-2-4-6(5)10-8/h1-4H. The molecule has 0 heterocycles. The van der Waals surface area contributed by atoms with Crippen molar-refractivity contribution in [2.75, 3.05) is 0 Å². The fourth-order valence-corrected chi connectivity index (χ4v) is 8.08. The molecule has 0 saturated heterocycles. The monoisotopic (exact) mass is 394 g/mol. The molecule has 0 atom stereocenters. The third-order valence-electron chi connectivity index (χ3n) is 1.02. The zero-order valence-corrected chi connectivity index (χ0v) is 11.5. The molecule has 0 spiro atoms. The first-order valence-corrected chi connectivity index (χ1v) is 12.3. The van der Waals surface area contributed by atoms with Crippen LogP contribution in [-0.2, 0) is 0 Å². The van der Waals surface area contributed by atoms with Crippen LogP contribution in [0.5, 0.6) is 0 Å². The average Bonchev–Trinajstić information content (AvgIpc) is 2.04. The van der Waals surface area contributed by atoms with Gasteiger partial charge in [0.15, 0.2) is 0 Å². The van der Waals surface area contributed by atoms with Crippen molar-refractivity contribution in [2.45, 2.75) is 0 Å². The van der Waals surface area contributed by atoms with Crippen molar-refractivity contribution in [2.24, 2.45) is 0 Å². The molecular formula is C6H4Br2Se2. The number of hydrogen-bond donors (Lipinski definition) is 0. The van der Waals surface area contributed by atoms with E-state index in [1.807, 2.05) is 0 Å². The topological polar surface area (TPSA) is 0 Å². The van der Waals surface area contributed by atoms with Crippen molar-refractivity contribution >= 4 is 63.4 Å². The van der Waals surface area contributed by atoms with E-state index in [-0.39, 0.29) is 0 Å². The zero-order chi connectivity index (χ0) is 7.40. The second-order valence-corrected chi connectivity index (χ2v) is 7.46. The van der Waals surface area contributed by atoms with E-state index >= 15 is 0 Å². The van der Waals surface area contributed by atoms with Crippen molar-refractivity contribution in [3.8, 4) is 0 Å². The molecule has 1 aromatic carbocycles. The van der Waals surface area contributed by atoms with E-state index in [0.717, 1.165) is 0 Å². The first kappa shape index (κ1) is 9.31. The molecule has 0 fully saturated rings. The van der Waals surface area contributed by atoms with E-state index in [1.165, 1.54) is 8.92 Å². The van der Waals surface area contributed by atoms with Gasteiger partial charge < -0.3 is 0 Å². The van der Waals surface area contributed by atoms with Crippen LogP contribution >= 0.6 is 28.2 Å². The van der Waals surface area contributed by atoms with Gasteiger partial charge in [-0.15, -0.1) is 0 Å². The van der Waals surface area contributed by atoms with Crippen LogP contribution < -0.4 is 8.92 Å². The van der Waals surface area contributed by atoms with Crippen molar-refractivity contribution in [3.63, 3.8) is 0 Å². The molecule has 1 aromatic rings. The van der Waals surface area contributed by atoms with E-state index in [1.54, 1.807) is 0 Å². The molecule has 0 aliphatic heterocycles. The average molecular weight is 394 g/mol. The molecule has 0 aromatic heterocycles. The van der Waals surface area contributed by atoms with E-state index in [4.69, 9.17) is 0 Å². The van der Waals surface area contributed by atoms with Crippen LogP contribution in [0.4, 0.5) is 0 Å². The van der Waals surface area contributed by atoms with Gasteiger partial charge in [-0.05, 0) is 0 Å². The van der Waals surface area contributed by atoms with Gasteiger partial charge in [-0.3, -0.25) is 0 Å². The molecule has 0 unspecified atom stereocenters. The molecular weight excluding hydrogens is 390 g/mol. The quantitative estimate of drug-likeness (QED) is 0.657. The molecule has 0 N–H and O–H groups in total. The minimum absolute atomic E-state index is 0.457. The molecule has 54 valence electrons. The maximum absolute atomic E-state index is 3.50. The summed E-state index contributed by atoms with van der Waals surface area (Å²) < 4.78 is 2.90. The zero-order valence-electron chi connectivity index (χ0n) is 4.88. The normalized spacial score (nSPS) is 9.80. The van der Waals surface area contributed by atoms with Gasteiger partial charge in [0.05, 0.1) is 0 Å². The van der Waals surface area contributed by atoms with Gasteiger partial charge in [0.2, 0.25) is 0 Å². The molecule has 0 amide bonds. The van der Waals surface area contributed by atoms with Crippen LogP contribution in [0.25, 0.3) is 0 Å². The Morgan fingerprint density at radius 2 is 1.30 bits per heavy atom. The Morgan fingerprint density at radius 1 is 0.900 bits per heavy atom. The predicted octanol–water partition coefficient (Wildman–Crippen LogP) is 0.965. The molecule has 0 saturated carbocycles. The Labute approximate surface area is 86.9 Å². The SMILES string of the molecule is Br[Se]c1ccccc1[Se]Br. The molecule has 1 rings (SSSR count). The fourth-order valence-electron chi connectivity index (χ4n) is 0.578. The Hall–Kier alpha value is 1.22. The molecule has 0 nitrogen and oxygen atoms in total. The Balaban J connectivity index is 2.96. The van der Waals surface area contributed by atoms with Gasteiger partial charge >= 0.3 is 87.7 Å². The van der Waals surface area contributed by atoms with E-state index in [9.17, 15) is 0 Å². The van der Waals surface area contributed by atoms with E-state index < -0.39 is 0 Å². The second-order valence-electron chi connectivity index (χ2n) is 1.60. The Morgan fingerprint density at radius 3 is 1.60 bits per heavy atom. The molecule has 4 heteroatoms. The Kier molecular flexibility index (Phi) is 4.63. The summed E-state index contributed by atoms with van der Waals surface area (Å²) in [6, 6.07) is 8.52. The maximum atomic E-state index is 3.50. The van der Waals surface area contributed by atoms with Crippen molar-refractivity contribution in [1.29, 1.82) is 0 Å². The van der Waals surface area contributed by atoms with Gasteiger partial charge in [0.25, 0.3) is 0 Å². The predicted molar refractivity (Wildman–Crippen MR) is 55.1 cm³/mol. The molecule has 10 heavy (non-hydrogen) atoms. The van der Waals surface area contributed by atoms with Gasteiger partial charge in [-0.2, -0.15) is 0 Å².